The van der Waals surface area contributed by atoms with Crippen LogP contribution in [0, 0.1) is 0 Å². The molecule has 204 valence electrons. The molecule has 1 unspecified atom stereocenters. The monoisotopic (exact) mass is 512 g/mol. The molecule has 0 saturated heterocycles. The number of hydrogen-bond acceptors (Lipinski definition) is 5. The van der Waals surface area contributed by atoms with Gasteiger partial charge in [0.05, 0.1) is 20.8 Å². The minimum atomic E-state index is -0.215. The lowest BCUT2D eigenvalue weighted by atomic mass is 9.84. The molecule has 37 heavy (non-hydrogen) atoms. The van der Waals surface area contributed by atoms with E-state index in [4.69, 9.17) is 14.2 Å². The van der Waals surface area contributed by atoms with Gasteiger partial charge in [-0.3, -0.25) is 9.59 Å². The third-order valence-corrected chi connectivity index (χ3v) is 6.42. The van der Waals surface area contributed by atoms with Gasteiger partial charge >= 0.3 is 0 Å². The van der Waals surface area contributed by atoms with E-state index in [1.165, 1.54) is 0 Å². The van der Waals surface area contributed by atoms with Gasteiger partial charge in [0, 0.05) is 37.4 Å². The summed E-state index contributed by atoms with van der Waals surface area (Å²) >= 11 is 0. The molecule has 2 aromatic rings. The highest BCUT2D eigenvalue weighted by atomic mass is 16.5. The van der Waals surface area contributed by atoms with Crippen molar-refractivity contribution in [2.24, 2.45) is 0 Å². The Morgan fingerprint density at radius 3 is 2.35 bits per heavy atom. The molecule has 0 fully saturated rings. The molecular formula is C30H44N2O5. The summed E-state index contributed by atoms with van der Waals surface area (Å²) in [5.74, 6) is 1.13. The first-order valence-corrected chi connectivity index (χ1v) is 13.1. The number of ether oxygens (including phenoxy) is 3. The fraction of sp³-hybridized carbons (Fsp3) is 0.533. The van der Waals surface area contributed by atoms with Crippen molar-refractivity contribution in [2.75, 3.05) is 39.8 Å². The van der Waals surface area contributed by atoms with Crippen LogP contribution in [0.2, 0.25) is 0 Å². The molecule has 7 nitrogen and oxygen atoms in total. The Labute approximate surface area is 222 Å². The molecule has 0 aromatic heterocycles. The van der Waals surface area contributed by atoms with Gasteiger partial charge in [0.1, 0.15) is 11.5 Å². The van der Waals surface area contributed by atoms with Gasteiger partial charge in [-0.05, 0) is 47.1 Å². The van der Waals surface area contributed by atoms with Crippen LogP contribution in [0.3, 0.4) is 0 Å². The number of hydrogen-bond donors (Lipinski definition) is 2. The van der Waals surface area contributed by atoms with Gasteiger partial charge in [-0.2, -0.15) is 0 Å². The number of nitrogens with one attached hydrogen (secondary N) is 2. The first-order valence-electron chi connectivity index (χ1n) is 13.1. The van der Waals surface area contributed by atoms with Gasteiger partial charge in [-0.15, -0.1) is 0 Å². The number of amides is 2. The fourth-order valence-corrected chi connectivity index (χ4v) is 4.40. The quantitative estimate of drug-likeness (QED) is 0.300. The third kappa shape index (κ3) is 9.08. The number of rotatable bonds is 14. The number of benzene rings is 2. The molecule has 0 bridgehead atoms. The average Bonchev–Trinajstić information content (AvgIpc) is 2.87. The van der Waals surface area contributed by atoms with E-state index in [0.717, 1.165) is 42.6 Å². The van der Waals surface area contributed by atoms with Gasteiger partial charge in [0.15, 0.2) is 0 Å². The van der Waals surface area contributed by atoms with Crippen molar-refractivity contribution in [1.29, 1.82) is 0 Å². The highest BCUT2D eigenvalue weighted by molar-refractivity contribution is 5.98. The largest absolute Gasteiger partial charge is 0.497 e. The van der Waals surface area contributed by atoms with E-state index in [0.29, 0.717) is 36.6 Å². The van der Waals surface area contributed by atoms with Crippen molar-refractivity contribution in [3.63, 3.8) is 0 Å². The van der Waals surface area contributed by atoms with E-state index in [1.54, 1.807) is 33.5 Å². The summed E-state index contributed by atoms with van der Waals surface area (Å²) in [6.45, 7) is 9.29. The third-order valence-electron chi connectivity index (χ3n) is 6.42. The number of methoxy groups -OCH3 is 3. The SMILES string of the molecule is CCCCCC(CC(=O)Nc1cc(C(=O)NCCOC)ccc1C(C)(C)C)c1ccc(OC)cc1OC. The second-order valence-corrected chi connectivity index (χ2v) is 10.3. The van der Waals surface area contributed by atoms with Gasteiger partial charge in [-0.1, -0.05) is 59.1 Å². The van der Waals surface area contributed by atoms with Crippen LogP contribution in [0.1, 0.15) is 87.2 Å². The molecule has 0 saturated carbocycles. The molecule has 0 aliphatic carbocycles. The van der Waals surface area contributed by atoms with Crippen molar-refractivity contribution >= 4 is 17.5 Å². The molecule has 0 aliphatic heterocycles. The van der Waals surface area contributed by atoms with Gasteiger partial charge in [0.2, 0.25) is 5.91 Å². The average molecular weight is 513 g/mol. The van der Waals surface area contributed by atoms with Crippen LogP contribution < -0.4 is 20.1 Å². The molecule has 2 N–H and O–H groups in total. The topological polar surface area (TPSA) is 85.9 Å². The molecule has 0 aliphatic rings. The Bertz CT molecular complexity index is 1030. The summed E-state index contributed by atoms with van der Waals surface area (Å²) in [4.78, 5) is 26.1. The Kier molecular flexibility index (Phi) is 11.9. The van der Waals surface area contributed by atoms with Gasteiger partial charge < -0.3 is 24.8 Å². The summed E-state index contributed by atoms with van der Waals surface area (Å²) in [6, 6.07) is 11.3. The molecule has 2 rings (SSSR count). The number of carbonyl (C=O) groups excluding carboxylic acids is 2. The summed E-state index contributed by atoms with van der Waals surface area (Å²) in [6.07, 6.45) is 4.41. The second-order valence-electron chi connectivity index (χ2n) is 10.3. The molecule has 7 heteroatoms. The van der Waals surface area contributed by atoms with E-state index in [9.17, 15) is 9.59 Å². The van der Waals surface area contributed by atoms with Crippen molar-refractivity contribution in [2.45, 2.75) is 71.1 Å². The van der Waals surface area contributed by atoms with Gasteiger partial charge in [-0.25, -0.2) is 0 Å². The minimum Gasteiger partial charge on any atom is -0.497 e. The Morgan fingerprint density at radius 2 is 1.73 bits per heavy atom. The highest BCUT2D eigenvalue weighted by Gasteiger charge is 2.24. The van der Waals surface area contributed by atoms with Crippen molar-refractivity contribution in [3.8, 4) is 11.5 Å². The summed E-state index contributed by atoms with van der Waals surface area (Å²) in [7, 11) is 4.86. The van der Waals surface area contributed by atoms with Crippen molar-refractivity contribution in [1.82, 2.24) is 5.32 Å². The minimum absolute atomic E-state index is 0.00832. The normalized spacial score (nSPS) is 12.1. The molecule has 2 aromatic carbocycles. The van der Waals surface area contributed by atoms with Crippen LogP contribution in [0.25, 0.3) is 0 Å². The number of unbranched alkanes of at least 4 members (excludes halogenated alkanes) is 2. The van der Waals surface area contributed by atoms with E-state index < -0.39 is 0 Å². The van der Waals surface area contributed by atoms with Crippen LogP contribution in [0.5, 0.6) is 11.5 Å². The van der Waals surface area contributed by atoms with Gasteiger partial charge in [0.25, 0.3) is 5.91 Å². The molecule has 0 spiro atoms. The Balaban J connectivity index is 2.32. The predicted octanol–water partition coefficient (Wildman–Crippen LogP) is 6.07. The van der Waals surface area contributed by atoms with E-state index in [2.05, 4.69) is 38.3 Å². The lowest BCUT2D eigenvalue weighted by Gasteiger charge is -2.25. The summed E-state index contributed by atoms with van der Waals surface area (Å²) in [5, 5.41) is 5.96. The lowest BCUT2D eigenvalue weighted by molar-refractivity contribution is -0.116. The van der Waals surface area contributed by atoms with Crippen LogP contribution in [-0.2, 0) is 14.9 Å². The second kappa shape index (κ2) is 14.6. The van der Waals surface area contributed by atoms with Crippen LogP contribution >= 0.6 is 0 Å². The Morgan fingerprint density at radius 1 is 0.973 bits per heavy atom. The first-order chi connectivity index (χ1) is 17.6. The lowest BCUT2D eigenvalue weighted by Crippen LogP contribution is -2.27. The fourth-order valence-electron chi connectivity index (χ4n) is 4.40. The van der Waals surface area contributed by atoms with Crippen LogP contribution in [0.4, 0.5) is 5.69 Å². The maximum Gasteiger partial charge on any atom is 0.251 e. The molecule has 1 atom stereocenters. The summed E-state index contributed by atoms with van der Waals surface area (Å²) in [5.41, 5.74) is 2.91. The predicted molar refractivity (Wildman–Crippen MR) is 149 cm³/mol. The molecule has 2 amide bonds. The molecule has 0 heterocycles. The zero-order valence-electron chi connectivity index (χ0n) is 23.5. The standard InChI is InChI=1S/C30H44N2O5/c1-8-9-10-11-21(24-14-13-23(36-6)20-27(24)37-7)19-28(33)32-26-18-22(29(34)31-16-17-35-5)12-15-25(26)30(2,3)4/h12-15,18,20-21H,8-11,16-17,19H2,1-7H3,(H,31,34)(H,32,33). The maximum atomic E-state index is 13.4. The van der Waals surface area contributed by atoms with E-state index in [-0.39, 0.29) is 23.1 Å². The summed E-state index contributed by atoms with van der Waals surface area (Å²) < 4.78 is 16.0. The number of anilines is 1. The Hall–Kier alpha value is -3.06. The van der Waals surface area contributed by atoms with Crippen LogP contribution in [-0.4, -0.2) is 46.3 Å². The van der Waals surface area contributed by atoms with E-state index in [1.807, 2.05) is 24.3 Å². The first kappa shape index (κ1) is 30.2. The zero-order valence-corrected chi connectivity index (χ0v) is 23.5. The van der Waals surface area contributed by atoms with Crippen molar-refractivity contribution in [3.05, 3.63) is 53.1 Å². The maximum absolute atomic E-state index is 13.4. The zero-order chi connectivity index (χ0) is 27.4. The smallest absolute Gasteiger partial charge is 0.251 e. The van der Waals surface area contributed by atoms with Crippen LogP contribution in [0.15, 0.2) is 36.4 Å². The van der Waals surface area contributed by atoms with Crippen molar-refractivity contribution < 1.29 is 23.8 Å². The van der Waals surface area contributed by atoms with E-state index >= 15 is 0 Å². The molecule has 0 radical (unpaired) electrons. The highest BCUT2D eigenvalue weighted by Crippen LogP contribution is 2.36. The molecular weight excluding hydrogens is 468 g/mol. The number of carbonyl (C=O) groups is 2.